The monoisotopic (exact) mass is 722 g/mol. The lowest BCUT2D eigenvalue weighted by Gasteiger charge is -2.24. The van der Waals surface area contributed by atoms with Gasteiger partial charge in [-0.2, -0.15) is 0 Å². The van der Waals surface area contributed by atoms with Crippen molar-refractivity contribution in [2.75, 3.05) is 0 Å². The van der Waals surface area contributed by atoms with E-state index in [-0.39, 0.29) is 5.41 Å². The van der Waals surface area contributed by atoms with Crippen LogP contribution < -0.4 is 0 Å². The fraction of sp³-hybridized carbons (Fsp3) is 0.0526. The Balaban J connectivity index is 1.07. The molecular weight excluding hydrogens is 685 g/mol. The Labute approximate surface area is 332 Å². The predicted octanol–water partition coefficient (Wildman–Crippen LogP) is 15.9. The van der Waals surface area contributed by atoms with Gasteiger partial charge < -0.3 is 0 Å². The summed E-state index contributed by atoms with van der Waals surface area (Å²) in [5.74, 6) is 0. The second kappa shape index (κ2) is 12.0. The van der Waals surface area contributed by atoms with Crippen molar-refractivity contribution in [3.8, 4) is 44.5 Å². The van der Waals surface area contributed by atoms with Gasteiger partial charge in [0.25, 0.3) is 0 Å². The molecule has 0 N–H and O–H groups in total. The first-order valence-electron chi connectivity index (χ1n) is 20.1. The molecule has 0 saturated carbocycles. The van der Waals surface area contributed by atoms with Crippen LogP contribution in [0.2, 0.25) is 0 Å². The van der Waals surface area contributed by atoms with E-state index in [1.807, 2.05) is 0 Å². The minimum Gasteiger partial charge on any atom is -0.0616 e. The molecule has 0 radical (unpaired) electrons. The highest BCUT2D eigenvalue weighted by atomic mass is 14.4. The Hall–Kier alpha value is -7.02. The lowest BCUT2D eigenvalue weighted by Crippen LogP contribution is -2.15. The topological polar surface area (TPSA) is 0 Å². The van der Waals surface area contributed by atoms with E-state index < -0.39 is 0 Å². The van der Waals surface area contributed by atoms with Gasteiger partial charge in [0.1, 0.15) is 0 Å². The molecule has 0 spiro atoms. The first kappa shape index (κ1) is 32.2. The van der Waals surface area contributed by atoms with Crippen LogP contribution in [0.15, 0.2) is 194 Å². The Morgan fingerprint density at radius 1 is 0.263 bits per heavy atom. The predicted molar refractivity (Wildman–Crippen MR) is 245 cm³/mol. The second-order valence-corrected chi connectivity index (χ2v) is 16.4. The van der Waals surface area contributed by atoms with Gasteiger partial charge in [-0.05, 0) is 138 Å². The maximum absolute atomic E-state index is 2.45. The average molecular weight is 723 g/mol. The maximum Gasteiger partial charge on any atom is 0.0165 e. The van der Waals surface area contributed by atoms with Crippen molar-refractivity contribution >= 4 is 64.6 Å². The molecular formula is C57H38. The zero-order chi connectivity index (χ0) is 37.8. The zero-order valence-electron chi connectivity index (χ0n) is 32.0. The molecule has 0 heterocycles. The van der Waals surface area contributed by atoms with Crippen LogP contribution >= 0.6 is 0 Å². The molecule has 0 aromatic heterocycles. The summed E-state index contributed by atoms with van der Waals surface area (Å²) in [6.45, 7) is 4.83. The Morgan fingerprint density at radius 3 is 1.44 bits per heavy atom. The van der Waals surface area contributed by atoms with Gasteiger partial charge in [-0.3, -0.25) is 0 Å². The van der Waals surface area contributed by atoms with Gasteiger partial charge in [0, 0.05) is 5.41 Å². The van der Waals surface area contributed by atoms with Crippen molar-refractivity contribution in [2.45, 2.75) is 19.3 Å². The van der Waals surface area contributed by atoms with Crippen LogP contribution in [0.1, 0.15) is 25.0 Å². The van der Waals surface area contributed by atoms with Crippen LogP contribution in [-0.4, -0.2) is 0 Å². The fourth-order valence-electron chi connectivity index (χ4n) is 10.4. The highest BCUT2D eigenvalue weighted by Crippen LogP contribution is 2.56. The van der Waals surface area contributed by atoms with Gasteiger partial charge in [-0.1, -0.05) is 190 Å². The summed E-state index contributed by atoms with van der Waals surface area (Å²) in [5, 5.41) is 15.5. The van der Waals surface area contributed by atoms with Crippen molar-refractivity contribution in [3.63, 3.8) is 0 Å². The summed E-state index contributed by atoms with van der Waals surface area (Å²) in [7, 11) is 0. The lowest BCUT2D eigenvalue weighted by molar-refractivity contribution is 0.667. The molecule has 0 heteroatoms. The second-order valence-electron chi connectivity index (χ2n) is 16.4. The largest absolute Gasteiger partial charge is 0.0616 e. The number of hydrogen-bond donors (Lipinski definition) is 0. The molecule has 1 aliphatic rings. The van der Waals surface area contributed by atoms with Gasteiger partial charge in [0.15, 0.2) is 0 Å². The Morgan fingerprint density at radius 2 is 0.754 bits per heavy atom. The van der Waals surface area contributed by atoms with Gasteiger partial charge in [0.05, 0.1) is 0 Å². The first-order chi connectivity index (χ1) is 28.0. The molecule has 11 aromatic rings. The van der Waals surface area contributed by atoms with Crippen LogP contribution in [0.3, 0.4) is 0 Å². The smallest absolute Gasteiger partial charge is 0.0165 e. The summed E-state index contributed by atoms with van der Waals surface area (Å²) in [6.07, 6.45) is 0. The first-order valence-corrected chi connectivity index (χ1v) is 20.1. The Bertz CT molecular complexity index is 3430. The summed E-state index contributed by atoms with van der Waals surface area (Å²) < 4.78 is 0. The molecule has 57 heavy (non-hydrogen) atoms. The number of rotatable bonds is 3. The normalized spacial score (nSPS) is 13.2. The number of fused-ring (bicyclic) bond motifs is 13. The molecule has 11 aromatic carbocycles. The molecule has 0 bridgehead atoms. The van der Waals surface area contributed by atoms with Gasteiger partial charge in [0.2, 0.25) is 0 Å². The number of benzene rings is 11. The van der Waals surface area contributed by atoms with Gasteiger partial charge >= 0.3 is 0 Å². The molecule has 1 aliphatic carbocycles. The molecule has 266 valence electrons. The van der Waals surface area contributed by atoms with Crippen molar-refractivity contribution in [2.24, 2.45) is 0 Å². The quantitative estimate of drug-likeness (QED) is 0.126. The number of hydrogen-bond acceptors (Lipinski definition) is 0. The highest BCUT2D eigenvalue weighted by molar-refractivity contribution is 6.23. The average Bonchev–Trinajstić information content (AvgIpc) is 3.52. The van der Waals surface area contributed by atoms with Gasteiger partial charge in [-0.15, -0.1) is 0 Å². The van der Waals surface area contributed by atoms with Crippen molar-refractivity contribution in [3.05, 3.63) is 205 Å². The summed E-state index contributed by atoms with van der Waals surface area (Å²) in [6, 6.07) is 72.5. The van der Waals surface area contributed by atoms with Crippen LogP contribution in [0.25, 0.3) is 109 Å². The third-order valence-electron chi connectivity index (χ3n) is 13.0. The lowest BCUT2D eigenvalue weighted by atomic mass is 9.78. The van der Waals surface area contributed by atoms with Gasteiger partial charge in [-0.25, -0.2) is 0 Å². The molecule has 12 rings (SSSR count). The minimum absolute atomic E-state index is 0.139. The molecule has 0 unspecified atom stereocenters. The van der Waals surface area contributed by atoms with E-state index in [9.17, 15) is 0 Å². The fourth-order valence-corrected chi connectivity index (χ4v) is 10.4. The minimum atomic E-state index is -0.139. The molecule has 0 nitrogen and oxygen atoms in total. The standard InChI is InChI=1S/C57H38/c1-57(2)51-31-29-36-15-5-6-19-42(36)54(51)55-44-21-8-7-20-43(44)50-34-39(28-30-49(50)56(55)57)38-17-13-18-40(33-38)52-45-22-9-11-24-47(45)53(48-25-12-10-23-46(48)52)41-27-26-35-14-3-4-16-37(35)32-41/h3-34H,1-2H3. The zero-order valence-corrected chi connectivity index (χ0v) is 32.0. The highest BCUT2D eigenvalue weighted by Gasteiger charge is 2.39. The van der Waals surface area contributed by atoms with E-state index in [4.69, 9.17) is 0 Å². The van der Waals surface area contributed by atoms with E-state index in [0.29, 0.717) is 0 Å². The summed E-state index contributed by atoms with van der Waals surface area (Å²) in [4.78, 5) is 0. The van der Waals surface area contributed by atoms with E-state index in [0.717, 1.165) is 0 Å². The van der Waals surface area contributed by atoms with Crippen LogP contribution in [0.5, 0.6) is 0 Å². The Kier molecular flexibility index (Phi) is 6.78. The third kappa shape index (κ3) is 4.62. The molecule has 0 aliphatic heterocycles. The van der Waals surface area contributed by atoms with E-state index in [1.165, 1.54) is 120 Å². The maximum atomic E-state index is 2.45. The van der Waals surface area contributed by atoms with E-state index in [2.05, 4.69) is 208 Å². The van der Waals surface area contributed by atoms with Crippen LogP contribution in [0, 0.1) is 0 Å². The van der Waals surface area contributed by atoms with Crippen molar-refractivity contribution < 1.29 is 0 Å². The molecule has 0 fully saturated rings. The SMILES string of the molecule is CC1(C)c2ccc3ccccc3c2-c2c1c1ccc(-c3cccc(-c4c5ccccc5c(-c5ccc6ccccc6c5)c5ccccc45)c3)cc1c1ccccc21. The molecule has 0 amide bonds. The molecule has 0 saturated heterocycles. The van der Waals surface area contributed by atoms with Crippen molar-refractivity contribution in [1.29, 1.82) is 0 Å². The van der Waals surface area contributed by atoms with E-state index in [1.54, 1.807) is 0 Å². The van der Waals surface area contributed by atoms with Crippen molar-refractivity contribution in [1.82, 2.24) is 0 Å². The van der Waals surface area contributed by atoms with E-state index >= 15 is 0 Å². The van der Waals surface area contributed by atoms with Crippen LogP contribution in [0.4, 0.5) is 0 Å². The summed E-state index contributed by atoms with van der Waals surface area (Å²) >= 11 is 0. The summed E-state index contributed by atoms with van der Waals surface area (Å²) in [5.41, 5.74) is 13.0. The van der Waals surface area contributed by atoms with Crippen LogP contribution in [-0.2, 0) is 5.41 Å². The third-order valence-corrected chi connectivity index (χ3v) is 13.0. The molecule has 0 atom stereocenters.